The van der Waals surface area contributed by atoms with E-state index in [0.29, 0.717) is 29.7 Å². The van der Waals surface area contributed by atoms with Crippen molar-refractivity contribution in [3.8, 4) is 0 Å². The molecule has 2 heterocycles. The topological polar surface area (TPSA) is 79.3 Å². The molecular formula is C34H58BrN3O5. The molecule has 0 bridgehead atoms. The molecule has 6 fully saturated rings. The highest BCUT2D eigenvalue weighted by molar-refractivity contribution is 5.66. The zero-order valence-corrected chi connectivity index (χ0v) is 29.2. The Balaban J connectivity index is 0.00000368. The van der Waals surface area contributed by atoms with Crippen LogP contribution in [0.5, 0.6) is 0 Å². The Labute approximate surface area is 270 Å². The Kier molecular flexibility index (Phi) is 9.74. The lowest BCUT2D eigenvalue weighted by molar-refractivity contribution is -0.894. The maximum atomic E-state index is 12.5. The van der Waals surface area contributed by atoms with Crippen molar-refractivity contribution in [3.63, 3.8) is 0 Å². The summed E-state index contributed by atoms with van der Waals surface area (Å²) in [6, 6.07) is 0.551. The first kappa shape index (κ1) is 33.6. The van der Waals surface area contributed by atoms with E-state index in [0.717, 1.165) is 82.3 Å². The van der Waals surface area contributed by atoms with Crippen LogP contribution in [-0.2, 0) is 19.1 Å². The third-order valence-electron chi connectivity index (χ3n) is 13.6. The Morgan fingerprint density at radius 2 is 1.42 bits per heavy atom. The Morgan fingerprint density at radius 1 is 0.791 bits per heavy atom. The van der Waals surface area contributed by atoms with Crippen LogP contribution in [0.25, 0.3) is 0 Å². The zero-order valence-electron chi connectivity index (χ0n) is 27.6. The molecule has 8 nitrogen and oxygen atoms in total. The van der Waals surface area contributed by atoms with Crippen LogP contribution in [0.2, 0.25) is 0 Å². The number of piperidine rings is 1. The van der Waals surface area contributed by atoms with Crippen molar-refractivity contribution in [2.45, 2.75) is 116 Å². The molecule has 43 heavy (non-hydrogen) atoms. The number of likely N-dealkylation sites (tertiary alicyclic amines) is 1. The molecule has 0 aromatic rings. The van der Waals surface area contributed by atoms with Crippen molar-refractivity contribution in [1.82, 2.24) is 9.80 Å². The molecule has 9 heteroatoms. The van der Waals surface area contributed by atoms with Gasteiger partial charge in [0.2, 0.25) is 0 Å². The summed E-state index contributed by atoms with van der Waals surface area (Å²) in [5.41, 5.74) is 0.239. The number of carbonyl (C=O) groups is 2. The number of ether oxygens (including phenoxy) is 2. The van der Waals surface area contributed by atoms with E-state index in [-0.39, 0.29) is 64.1 Å². The van der Waals surface area contributed by atoms with Crippen LogP contribution in [-0.4, -0.2) is 115 Å². The van der Waals surface area contributed by atoms with Gasteiger partial charge in [-0.1, -0.05) is 13.8 Å². The van der Waals surface area contributed by atoms with Gasteiger partial charge in [-0.15, -0.1) is 0 Å². The normalized spacial score (nSPS) is 45.2. The molecule has 0 radical (unpaired) electrons. The molecule has 0 aromatic carbocycles. The Morgan fingerprint density at radius 3 is 2.05 bits per heavy atom. The molecule has 0 aromatic heterocycles. The molecule has 2 saturated heterocycles. The van der Waals surface area contributed by atoms with Crippen LogP contribution in [0.4, 0.5) is 0 Å². The minimum absolute atomic E-state index is 0. The van der Waals surface area contributed by atoms with E-state index in [9.17, 15) is 14.7 Å². The molecule has 0 spiro atoms. The van der Waals surface area contributed by atoms with Crippen LogP contribution in [0.1, 0.15) is 85.5 Å². The largest absolute Gasteiger partial charge is 1.00 e. The van der Waals surface area contributed by atoms with Gasteiger partial charge in [0.15, 0.2) is 0 Å². The second-order valence-corrected chi connectivity index (χ2v) is 16.4. The van der Waals surface area contributed by atoms with Crippen molar-refractivity contribution in [2.24, 2.45) is 34.5 Å². The molecule has 5 unspecified atom stereocenters. The number of likely N-dealkylation sites (N-methyl/N-ethyl adjacent to an activating group) is 1. The lowest BCUT2D eigenvalue weighted by Gasteiger charge is -2.62. The molecule has 246 valence electrons. The Hall–Kier alpha value is -0.740. The van der Waals surface area contributed by atoms with Crippen molar-refractivity contribution >= 4 is 11.9 Å². The highest BCUT2D eigenvalue weighted by Gasteiger charge is 2.65. The lowest BCUT2D eigenvalue weighted by atomic mass is 9.44. The summed E-state index contributed by atoms with van der Waals surface area (Å²) >= 11 is 0. The van der Waals surface area contributed by atoms with E-state index in [1.807, 2.05) is 0 Å². The number of hydrogen-bond donors (Lipinski definition) is 1. The molecular weight excluding hydrogens is 610 g/mol. The number of hydrogen-bond acceptors (Lipinski definition) is 7. The predicted octanol–water partition coefficient (Wildman–Crippen LogP) is 0.702. The summed E-state index contributed by atoms with van der Waals surface area (Å²) in [5.74, 6) is 2.15. The van der Waals surface area contributed by atoms with Gasteiger partial charge in [-0.2, -0.15) is 0 Å². The van der Waals surface area contributed by atoms with Gasteiger partial charge in [0.1, 0.15) is 12.2 Å². The molecule has 2 aliphatic heterocycles. The average Bonchev–Trinajstić information content (AvgIpc) is 3.20. The standard InChI is InChI=1S/C34H58N3O5.BrH/c1-22(38)41-31-19-24-7-8-26-27(34(24,4)21-30(31)35-13-10-25(40)11-14-35)9-12-33(3)28(26)20-29(32(33)42-23(2)39)36-15-17-37(5,6)18-16-36;/h24-32,40H,7-21H2,1-6H3;1H/q+1;/p-1/t24?,26-,27-,28+,29?,30?,31?,32?,33+,34+;/m1./s1. The van der Waals surface area contributed by atoms with E-state index in [4.69, 9.17) is 9.47 Å². The minimum atomic E-state index is -0.208. The molecule has 1 N–H and O–H groups in total. The van der Waals surface area contributed by atoms with Gasteiger partial charge < -0.3 is 36.0 Å². The molecule has 10 atom stereocenters. The second-order valence-electron chi connectivity index (χ2n) is 16.4. The lowest BCUT2D eigenvalue weighted by Crippen LogP contribution is -3.00. The Bertz CT molecular complexity index is 1030. The zero-order chi connectivity index (χ0) is 30.0. The number of esters is 2. The molecule has 6 rings (SSSR count). The first-order chi connectivity index (χ1) is 19.8. The van der Waals surface area contributed by atoms with Crippen molar-refractivity contribution in [1.29, 1.82) is 0 Å². The first-order valence-corrected chi connectivity index (χ1v) is 17.1. The predicted molar refractivity (Wildman–Crippen MR) is 161 cm³/mol. The van der Waals surface area contributed by atoms with Gasteiger partial charge in [0.05, 0.1) is 33.3 Å². The molecule has 0 amide bonds. The van der Waals surface area contributed by atoms with Crippen LogP contribution < -0.4 is 17.0 Å². The maximum Gasteiger partial charge on any atom is 0.302 e. The van der Waals surface area contributed by atoms with E-state index in [1.165, 1.54) is 19.3 Å². The van der Waals surface area contributed by atoms with Crippen molar-refractivity contribution in [2.75, 3.05) is 53.4 Å². The summed E-state index contributed by atoms with van der Waals surface area (Å²) in [6.45, 7) is 14.4. The fraction of sp³-hybridized carbons (Fsp3) is 0.941. The third-order valence-corrected chi connectivity index (χ3v) is 13.6. The van der Waals surface area contributed by atoms with E-state index in [1.54, 1.807) is 13.8 Å². The summed E-state index contributed by atoms with van der Waals surface area (Å²) in [6.07, 6.45) is 9.28. The molecule has 4 saturated carbocycles. The fourth-order valence-corrected chi connectivity index (χ4v) is 11.2. The summed E-state index contributed by atoms with van der Waals surface area (Å²) < 4.78 is 13.4. The van der Waals surface area contributed by atoms with E-state index >= 15 is 0 Å². The van der Waals surface area contributed by atoms with Crippen molar-refractivity contribution in [3.05, 3.63) is 0 Å². The number of halogens is 1. The van der Waals surface area contributed by atoms with Gasteiger partial charge in [0, 0.05) is 57.5 Å². The smallest absolute Gasteiger partial charge is 0.302 e. The second kappa shape index (κ2) is 12.5. The summed E-state index contributed by atoms with van der Waals surface area (Å²) in [5, 5.41) is 10.2. The number of aliphatic hydroxyl groups is 1. The van der Waals surface area contributed by atoms with Gasteiger partial charge in [-0.05, 0) is 86.9 Å². The minimum Gasteiger partial charge on any atom is -1.00 e. The maximum absolute atomic E-state index is 12.5. The number of nitrogens with zero attached hydrogens (tertiary/aromatic N) is 3. The van der Waals surface area contributed by atoms with Crippen LogP contribution >= 0.6 is 0 Å². The number of piperazine rings is 1. The number of fused-ring (bicyclic) bond motifs is 5. The van der Waals surface area contributed by atoms with Crippen molar-refractivity contribution < 1.29 is 45.6 Å². The van der Waals surface area contributed by atoms with Crippen LogP contribution in [0.15, 0.2) is 0 Å². The molecule has 6 aliphatic rings. The SMILES string of the molecule is CC(=O)OC1CC2CC[C@@H]3[C@@H](CC[C@]4(C)C(OC(C)=O)C(N5CC[N+](C)(C)CC5)C[C@@H]34)[C@@]2(C)CC1N1CCC(O)CC1.[Br-]. The van der Waals surface area contributed by atoms with Crippen LogP contribution in [0, 0.1) is 34.5 Å². The number of carbonyl (C=O) groups excluding carboxylic acids is 2. The average molecular weight is 669 g/mol. The van der Waals surface area contributed by atoms with Gasteiger partial charge in [0.25, 0.3) is 0 Å². The van der Waals surface area contributed by atoms with E-state index in [2.05, 4.69) is 37.7 Å². The number of quaternary nitrogens is 1. The van der Waals surface area contributed by atoms with Gasteiger partial charge in [-0.3, -0.25) is 19.4 Å². The highest BCUT2D eigenvalue weighted by Crippen LogP contribution is 2.67. The van der Waals surface area contributed by atoms with Gasteiger partial charge >= 0.3 is 11.9 Å². The highest BCUT2D eigenvalue weighted by atomic mass is 79.9. The third kappa shape index (κ3) is 6.20. The van der Waals surface area contributed by atoms with Gasteiger partial charge in [-0.25, -0.2) is 0 Å². The van der Waals surface area contributed by atoms with Crippen LogP contribution in [0.3, 0.4) is 0 Å². The van der Waals surface area contributed by atoms with E-state index < -0.39 is 0 Å². The monoisotopic (exact) mass is 667 g/mol. The number of rotatable bonds is 4. The summed E-state index contributed by atoms with van der Waals surface area (Å²) in [4.78, 5) is 29.9. The summed E-state index contributed by atoms with van der Waals surface area (Å²) in [7, 11) is 4.66. The number of aliphatic hydroxyl groups excluding tert-OH is 1. The first-order valence-electron chi connectivity index (χ1n) is 17.1. The fourth-order valence-electron chi connectivity index (χ4n) is 11.2. The quantitative estimate of drug-likeness (QED) is 0.350. The molecule has 4 aliphatic carbocycles.